The first-order valence-electron chi connectivity index (χ1n) is 9.39. The molecule has 1 saturated heterocycles. The third-order valence-corrected chi connectivity index (χ3v) is 5.50. The summed E-state index contributed by atoms with van der Waals surface area (Å²) in [6, 6.07) is 18.4. The third-order valence-electron chi connectivity index (χ3n) is 5.50. The first-order chi connectivity index (χ1) is 13.2. The highest BCUT2D eigenvalue weighted by Crippen LogP contribution is 2.32. The van der Waals surface area contributed by atoms with Crippen molar-refractivity contribution >= 4 is 11.0 Å². The number of furan rings is 1. The van der Waals surface area contributed by atoms with Crippen LogP contribution in [-0.4, -0.2) is 24.0 Å². The fourth-order valence-electron chi connectivity index (χ4n) is 3.95. The van der Waals surface area contributed by atoms with E-state index in [1.165, 1.54) is 19.4 Å². The Morgan fingerprint density at radius 1 is 1.11 bits per heavy atom. The molecular formula is C23H21N3O. The minimum Gasteiger partial charge on any atom is -0.460 e. The molecule has 4 rings (SSSR count). The van der Waals surface area contributed by atoms with Crippen LogP contribution < -0.4 is 0 Å². The topological polar surface area (TPSA) is 64.0 Å². The summed E-state index contributed by atoms with van der Waals surface area (Å²) in [6.45, 7) is 4.49. The lowest BCUT2D eigenvalue weighted by Gasteiger charge is -2.19. The summed E-state index contributed by atoms with van der Waals surface area (Å²) in [5.74, 6) is 0.991. The minimum atomic E-state index is 0.391. The second-order valence-electron chi connectivity index (χ2n) is 7.20. The molecule has 4 heteroatoms. The minimum absolute atomic E-state index is 0.391. The summed E-state index contributed by atoms with van der Waals surface area (Å²) in [5.41, 5.74) is 3.48. The summed E-state index contributed by atoms with van der Waals surface area (Å²) in [4.78, 5) is 2.52. The Hall–Kier alpha value is -3.08. The molecule has 0 spiro atoms. The van der Waals surface area contributed by atoms with E-state index in [4.69, 9.17) is 9.68 Å². The lowest BCUT2D eigenvalue weighted by atomic mass is 9.99. The van der Waals surface area contributed by atoms with Gasteiger partial charge in [-0.1, -0.05) is 24.3 Å². The molecule has 1 atom stereocenters. The molecular weight excluding hydrogens is 334 g/mol. The molecule has 0 bridgehead atoms. The highest BCUT2D eigenvalue weighted by molar-refractivity contribution is 5.93. The van der Waals surface area contributed by atoms with Gasteiger partial charge in [-0.2, -0.15) is 10.5 Å². The van der Waals surface area contributed by atoms with Crippen LogP contribution in [0.1, 0.15) is 36.7 Å². The van der Waals surface area contributed by atoms with E-state index in [1.807, 2.05) is 18.2 Å². The van der Waals surface area contributed by atoms with E-state index >= 15 is 0 Å². The predicted octanol–water partition coefficient (Wildman–Crippen LogP) is 4.87. The molecule has 27 heavy (non-hydrogen) atoms. The first-order valence-corrected chi connectivity index (χ1v) is 9.39. The van der Waals surface area contributed by atoms with Crippen molar-refractivity contribution < 1.29 is 4.42 Å². The number of benzene rings is 2. The third kappa shape index (κ3) is 3.33. The average Bonchev–Trinajstić information content (AvgIpc) is 3.30. The fourth-order valence-corrected chi connectivity index (χ4v) is 3.95. The zero-order valence-electron chi connectivity index (χ0n) is 15.4. The number of nitriles is 2. The first kappa shape index (κ1) is 17.3. The highest BCUT2D eigenvalue weighted by Gasteiger charge is 2.20. The van der Waals surface area contributed by atoms with Crippen molar-refractivity contribution in [2.75, 3.05) is 13.1 Å². The van der Waals surface area contributed by atoms with Gasteiger partial charge in [-0.15, -0.1) is 0 Å². The largest absolute Gasteiger partial charge is 0.460 e. The quantitative estimate of drug-likeness (QED) is 0.670. The van der Waals surface area contributed by atoms with Crippen LogP contribution in [0, 0.1) is 22.7 Å². The van der Waals surface area contributed by atoms with Crippen LogP contribution in [0.15, 0.2) is 46.9 Å². The molecule has 0 radical (unpaired) electrons. The predicted molar refractivity (Wildman–Crippen MR) is 105 cm³/mol. The number of likely N-dealkylation sites (tertiary alicyclic amines) is 1. The van der Waals surface area contributed by atoms with Gasteiger partial charge in [-0.25, -0.2) is 0 Å². The monoisotopic (exact) mass is 355 g/mol. The molecule has 1 fully saturated rings. The van der Waals surface area contributed by atoms with Crippen LogP contribution in [0.25, 0.3) is 22.1 Å². The second-order valence-corrected chi connectivity index (χ2v) is 7.20. The van der Waals surface area contributed by atoms with Crippen molar-refractivity contribution in [3.05, 3.63) is 59.4 Å². The van der Waals surface area contributed by atoms with Crippen molar-refractivity contribution in [3.8, 4) is 23.3 Å². The van der Waals surface area contributed by atoms with Crippen molar-refractivity contribution in [2.45, 2.75) is 32.2 Å². The van der Waals surface area contributed by atoms with Gasteiger partial charge >= 0.3 is 0 Å². The maximum Gasteiger partial charge on any atom is 0.142 e. The van der Waals surface area contributed by atoms with Gasteiger partial charge in [0.15, 0.2) is 0 Å². The fraction of sp³-hybridized carbons (Fsp3) is 0.304. The lowest BCUT2D eigenvalue weighted by Crippen LogP contribution is -2.28. The molecule has 3 aromatic rings. The number of nitrogens with zero attached hydrogens (tertiary/aromatic N) is 3. The number of fused-ring (bicyclic) bond motifs is 1. The molecule has 2 heterocycles. The van der Waals surface area contributed by atoms with E-state index in [1.54, 1.807) is 12.1 Å². The Balaban J connectivity index is 1.66. The molecule has 0 saturated carbocycles. The molecule has 134 valence electrons. The lowest BCUT2D eigenvalue weighted by molar-refractivity contribution is 0.266. The van der Waals surface area contributed by atoms with Crippen LogP contribution in [0.4, 0.5) is 0 Å². The Morgan fingerprint density at radius 3 is 2.70 bits per heavy atom. The molecule has 4 nitrogen and oxygen atoms in total. The molecule has 0 amide bonds. The van der Waals surface area contributed by atoms with Crippen LogP contribution >= 0.6 is 0 Å². The SMILES string of the molecule is C[C@@H]1CCCN1CCc1cc2cccc(-c3ccc(C#N)c(C#N)c3)c2o1. The molecule has 0 aliphatic carbocycles. The van der Waals surface area contributed by atoms with Gasteiger partial charge in [0.2, 0.25) is 0 Å². The van der Waals surface area contributed by atoms with Crippen LogP contribution in [-0.2, 0) is 6.42 Å². The highest BCUT2D eigenvalue weighted by atomic mass is 16.3. The maximum absolute atomic E-state index is 9.30. The standard InChI is InChI=1S/C23H21N3O/c1-16-4-3-10-26(16)11-9-21-13-18-5-2-6-22(23(18)27-21)17-7-8-19(14-24)20(12-17)15-25/h2,5-8,12-13,16H,3-4,9-11H2,1H3/t16-/m1/s1. The average molecular weight is 355 g/mol. The van der Waals surface area contributed by atoms with Crippen molar-refractivity contribution in [3.63, 3.8) is 0 Å². The molecule has 1 aliphatic rings. The number of hydrogen-bond acceptors (Lipinski definition) is 4. The van der Waals surface area contributed by atoms with E-state index in [0.717, 1.165) is 40.8 Å². The van der Waals surface area contributed by atoms with E-state index in [2.05, 4.69) is 36.1 Å². The molecule has 1 aliphatic heterocycles. The smallest absolute Gasteiger partial charge is 0.142 e. The Labute approximate surface area is 159 Å². The van der Waals surface area contributed by atoms with E-state index in [-0.39, 0.29) is 0 Å². The zero-order chi connectivity index (χ0) is 18.8. The summed E-state index contributed by atoms with van der Waals surface area (Å²) >= 11 is 0. The van der Waals surface area contributed by atoms with Crippen molar-refractivity contribution in [1.29, 1.82) is 10.5 Å². The van der Waals surface area contributed by atoms with Gasteiger partial charge in [-0.05, 0) is 50.1 Å². The second kappa shape index (κ2) is 7.27. The molecule has 0 unspecified atom stereocenters. The summed E-state index contributed by atoms with van der Waals surface area (Å²) in [7, 11) is 0. The zero-order valence-corrected chi connectivity index (χ0v) is 15.4. The van der Waals surface area contributed by atoms with Gasteiger partial charge in [0.25, 0.3) is 0 Å². The van der Waals surface area contributed by atoms with E-state index < -0.39 is 0 Å². The van der Waals surface area contributed by atoms with E-state index in [9.17, 15) is 5.26 Å². The summed E-state index contributed by atoms with van der Waals surface area (Å²) in [5, 5.41) is 19.5. The van der Waals surface area contributed by atoms with Crippen molar-refractivity contribution in [2.24, 2.45) is 0 Å². The van der Waals surface area contributed by atoms with Gasteiger partial charge in [-0.3, -0.25) is 0 Å². The van der Waals surface area contributed by atoms with Crippen LogP contribution in [0.3, 0.4) is 0 Å². The Kier molecular flexibility index (Phi) is 4.67. The van der Waals surface area contributed by atoms with Gasteiger partial charge in [0.1, 0.15) is 23.5 Å². The maximum atomic E-state index is 9.30. The van der Waals surface area contributed by atoms with Gasteiger partial charge in [0, 0.05) is 30.0 Å². The van der Waals surface area contributed by atoms with Gasteiger partial charge < -0.3 is 9.32 Å². The van der Waals surface area contributed by atoms with Gasteiger partial charge in [0.05, 0.1) is 11.1 Å². The summed E-state index contributed by atoms with van der Waals surface area (Å²) in [6.07, 6.45) is 3.46. The van der Waals surface area contributed by atoms with Crippen molar-refractivity contribution in [1.82, 2.24) is 4.90 Å². The van der Waals surface area contributed by atoms with Crippen LogP contribution in [0.5, 0.6) is 0 Å². The molecule has 2 aromatic carbocycles. The Morgan fingerprint density at radius 2 is 1.96 bits per heavy atom. The summed E-state index contributed by atoms with van der Waals surface area (Å²) < 4.78 is 6.20. The normalized spacial score (nSPS) is 17.1. The number of hydrogen-bond donors (Lipinski definition) is 0. The molecule has 0 N–H and O–H groups in total. The Bertz CT molecular complexity index is 1070. The van der Waals surface area contributed by atoms with E-state index in [0.29, 0.717) is 17.2 Å². The number of rotatable bonds is 4. The number of para-hydroxylation sites is 1. The molecule has 1 aromatic heterocycles. The van der Waals surface area contributed by atoms with Crippen LogP contribution in [0.2, 0.25) is 0 Å².